The highest BCUT2D eigenvalue weighted by Crippen LogP contribution is 2.37. The van der Waals surface area contributed by atoms with Crippen LogP contribution in [0.25, 0.3) is 0 Å². The van der Waals surface area contributed by atoms with Gasteiger partial charge in [0, 0.05) is 6.04 Å². The van der Waals surface area contributed by atoms with Crippen LogP contribution >= 0.6 is 0 Å². The van der Waals surface area contributed by atoms with E-state index in [9.17, 15) is 0 Å². The molecule has 1 atom stereocenters. The second kappa shape index (κ2) is 6.10. The first-order valence-corrected chi connectivity index (χ1v) is 6.82. The number of ether oxygens (including phenoxy) is 2. The Kier molecular flexibility index (Phi) is 4.48. The molecule has 3 heteroatoms. The lowest BCUT2D eigenvalue weighted by Crippen LogP contribution is -2.19. The number of methoxy groups -OCH3 is 1. The Hall–Kier alpha value is -1.22. The molecule has 1 aliphatic rings. The summed E-state index contributed by atoms with van der Waals surface area (Å²) in [5, 5.41) is 0. The van der Waals surface area contributed by atoms with Crippen LogP contribution in [0, 0.1) is 5.92 Å². The molecule has 0 bridgehead atoms. The van der Waals surface area contributed by atoms with Crippen LogP contribution in [0.2, 0.25) is 0 Å². The summed E-state index contributed by atoms with van der Waals surface area (Å²) in [7, 11) is 1.66. The Balaban J connectivity index is 2.19. The fourth-order valence-corrected chi connectivity index (χ4v) is 2.76. The molecule has 3 nitrogen and oxygen atoms in total. The van der Waals surface area contributed by atoms with Gasteiger partial charge in [0.25, 0.3) is 0 Å². The molecule has 100 valence electrons. The van der Waals surface area contributed by atoms with Crippen molar-refractivity contribution in [1.29, 1.82) is 0 Å². The topological polar surface area (TPSA) is 44.5 Å². The normalized spacial score (nSPS) is 17.7. The third kappa shape index (κ3) is 2.78. The molecule has 0 unspecified atom stereocenters. The van der Waals surface area contributed by atoms with Crippen LogP contribution in [0.15, 0.2) is 18.2 Å². The van der Waals surface area contributed by atoms with E-state index in [1.54, 1.807) is 7.11 Å². The maximum absolute atomic E-state index is 6.36. The lowest BCUT2D eigenvalue weighted by Gasteiger charge is -2.20. The average Bonchev–Trinajstić information content (AvgIpc) is 2.92. The van der Waals surface area contributed by atoms with Crippen LogP contribution in [0.4, 0.5) is 0 Å². The molecule has 2 rings (SSSR count). The highest BCUT2D eigenvalue weighted by molar-refractivity contribution is 5.44. The zero-order valence-electron chi connectivity index (χ0n) is 11.3. The minimum atomic E-state index is 0.123. The molecular weight excluding hydrogens is 226 g/mol. The van der Waals surface area contributed by atoms with Crippen molar-refractivity contribution in [3.63, 3.8) is 0 Å². The summed E-state index contributed by atoms with van der Waals surface area (Å²) in [6.45, 7) is 2.61. The van der Waals surface area contributed by atoms with Gasteiger partial charge in [0.05, 0.1) is 13.7 Å². The molecule has 0 radical (unpaired) electrons. The van der Waals surface area contributed by atoms with E-state index >= 15 is 0 Å². The van der Waals surface area contributed by atoms with Crippen molar-refractivity contribution < 1.29 is 9.47 Å². The fraction of sp³-hybridized carbons (Fsp3) is 0.600. The molecule has 1 aliphatic carbocycles. The summed E-state index contributed by atoms with van der Waals surface area (Å²) < 4.78 is 10.9. The molecule has 0 aliphatic heterocycles. The second-order valence-electron chi connectivity index (χ2n) is 4.91. The molecule has 0 aromatic heterocycles. The van der Waals surface area contributed by atoms with Crippen molar-refractivity contribution in [2.75, 3.05) is 13.7 Å². The van der Waals surface area contributed by atoms with E-state index in [-0.39, 0.29) is 6.04 Å². The molecule has 2 N–H and O–H groups in total. The van der Waals surface area contributed by atoms with E-state index in [1.165, 1.54) is 25.7 Å². The van der Waals surface area contributed by atoms with Gasteiger partial charge >= 0.3 is 0 Å². The van der Waals surface area contributed by atoms with Crippen molar-refractivity contribution in [3.8, 4) is 11.5 Å². The first-order valence-electron chi connectivity index (χ1n) is 6.82. The molecular formula is C15H23NO2. The standard InChI is InChI=1S/C15H23NO2/c1-3-18-14-10-12(8-9-13(14)17-2)15(16)11-6-4-5-7-11/h8-11,15H,3-7,16H2,1-2H3/t15-/m1/s1. The fourth-order valence-electron chi connectivity index (χ4n) is 2.76. The van der Waals surface area contributed by atoms with E-state index in [4.69, 9.17) is 15.2 Å². The van der Waals surface area contributed by atoms with Crippen molar-refractivity contribution in [3.05, 3.63) is 23.8 Å². The van der Waals surface area contributed by atoms with Gasteiger partial charge in [-0.1, -0.05) is 18.9 Å². The van der Waals surface area contributed by atoms with Crippen LogP contribution in [0.1, 0.15) is 44.2 Å². The smallest absolute Gasteiger partial charge is 0.161 e. The van der Waals surface area contributed by atoms with Gasteiger partial charge in [0.1, 0.15) is 0 Å². The number of rotatable bonds is 5. The van der Waals surface area contributed by atoms with Crippen molar-refractivity contribution >= 4 is 0 Å². The van der Waals surface area contributed by atoms with Gasteiger partial charge in [0.15, 0.2) is 11.5 Å². The molecule has 1 saturated carbocycles. The monoisotopic (exact) mass is 249 g/mol. The van der Waals surface area contributed by atoms with Gasteiger partial charge in [0.2, 0.25) is 0 Å². The van der Waals surface area contributed by atoms with E-state index in [2.05, 4.69) is 6.07 Å². The first kappa shape index (κ1) is 13.2. The van der Waals surface area contributed by atoms with E-state index in [0.29, 0.717) is 12.5 Å². The minimum absolute atomic E-state index is 0.123. The van der Waals surface area contributed by atoms with Crippen molar-refractivity contribution in [2.24, 2.45) is 11.7 Å². The Bertz CT molecular complexity index is 386. The molecule has 0 saturated heterocycles. The molecule has 0 amide bonds. The van der Waals surface area contributed by atoms with Gasteiger partial charge in [-0.15, -0.1) is 0 Å². The summed E-state index contributed by atoms with van der Waals surface area (Å²) in [5.74, 6) is 2.19. The predicted octanol–water partition coefficient (Wildman–Crippen LogP) is 3.28. The van der Waals surface area contributed by atoms with Crippen LogP contribution in [0.3, 0.4) is 0 Å². The van der Waals surface area contributed by atoms with Gasteiger partial charge in [-0.25, -0.2) is 0 Å². The van der Waals surface area contributed by atoms with E-state index < -0.39 is 0 Å². The van der Waals surface area contributed by atoms with Gasteiger partial charge in [-0.05, 0) is 43.4 Å². The SMILES string of the molecule is CCOc1cc([C@H](N)C2CCCC2)ccc1OC. The minimum Gasteiger partial charge on any atom is -0.493 e. The molecule has 1 fully saturated rings. The second-order valence-corrected chi connectivity index (χ2v) is 4.91. The summed E-state index contributed by atoms with van der Waals surface area (Å²) >= 11 is 0. The summed E-state index contributed by atoms with van der Waals surface area (Å²) in [6.07, 6.45) is 5.12. The van der Waals surface area contributed by atoms with Crippen LogP contribution in [-0.2, 0) is 0 Å². The average molecular weight is 249 g/mol. The summed E-state index contributed by atoms with van der Waals surface area (Å²) in [6, 6.07) is 6.17. The highest BCUT2D eigenvalue weighted by atomic mass is 16.5. The van der Waals surface area contributed by atoms with Crippen LogP contribution in [-0.4, -0.2) is 13.7 Å². The zero-order chi connectivity index (χ0) is 13.0. The first-order chi connectivity index (χ1) is 8.76. The predicted molar refractivity (Wildman–Crippen MR) is 73.0 cm³/mol. The lowest BCUT2D eigenvalue weighted by atomic mass is 9.92. The number of hydrogen-bond acceptors (Lipinski definition) is 3. The quantitative estimate of drug-likeness (QED) is 0.871. The van der Waals surface area contributed by atoms with E-state index in [0.717, 1.165) is 17.1 Å². The molecule has 1 aromatic rings. The van der Waals surface area contributed by atoms with Crippen molar-refractivity contribution in [2.45, 2.75) is 38.6 Å². The third-order valence-electron chi connectivity index (χ3n) is 3.78. The Morgan fingerprint density at radius 1 is 1.28 bits per heavy atom. The van der Waals surface area contributed by atoms with Gasteiger partial charge in [-0.2, -0.15) is 0 Å². The Morgan fingerprint density at radius 3 is 2.61 bits per heavy atom. The van der Waals surface area contributed by atoms with Crippen LogP contribution < -0.4 is 15.2 Å². The van der Waals surface area contributed by atoms with Gasteiger partial charge in [-0.3, -0.25) is 0 Å². The third-order valence-corrected chi connectivity index (χ3v) is 3.78. The Morgan fingerprint density at radius 2 is 2.00 bits per heavy atom. The number of hydrogen-bond donors (Lipinski definition) is 1. The molecule has 0 spiro atoms. The maximum Gasteiger partial charge on any atom is 0.161 e. The summed E-state index contributed by atoms with van der Waals surface area (Å²) in [5.41, 5.74) is 7.52. The lowest BCUT2D eigenvalue weighted by molar-refractivity contribution is 0.309. The molecule has 18 heavy (non-hydrogen) atoms. The summed E-state index contributed by atoms with van der Waals surface area (Å²) in [4.78, 5) is 0. The molecule has 0 heterocycles. The molecule has 1 aromatic carbocycles. The highest BCUT2D eigenvalue weighted by Gasteiger charge is 2.24. The number of nitrogens with two attached hydrogens (primary N) is 1. The number of benzene rings is 1. The van der Waals surface area contributed by atoms with Crippen molar-refractivity contribution in [1.82, 2.24) is 0 Å². The van der Waals surface area contributed by atoms with Gasteiger partial charge < -0.3 is 15.2 Å². The van der Waals surface area contributed by atoms with Crippen LogP contribution in [0.5, 0.6) is 11.5 Å². The Labute approximate surface area is 109 Å². The van der Waals surface area contributed by atoms with E-state index in [1.807, 2.05) is 19.1 Å². The largest absolute Gasteiger partial charge is 0.493 e. The maximum atomic E-state index is 6.36. The zero-order valence-corrected chi connectivity index (χ0v) is 11.3.